The first-order chi connectivity index (χ1) is 6.90. The Morgan fingerprint density at radius 1 is 1.53 bits per heavy atom. The molecule has 0 bridgehead atoms. The second-order valence-corrected chi connectivity index (χ2v) is 4.60. The SMILES string of the molecule is COC(C#N)c1cn(C)nc1C(C)(C)C. The van der Waals surface area contributed by atoms with Crippen LogP contribution < -0.4 is 0 Å². The molecule has 0 N–H and O–H groups in total. The summed E-state index contributed by atoms with van der Waals surface area (Å²) >= 11 is 0. The lowest BCUT2D eigenvalue weighted by Crippen LogP contribution is -2.16. The van der Waals surface area contributed by atoms with Crippen molar-refractivity contribution in [2.75, 3.05) is 7.11 Å². The third-order valence-corrected chi connectivity index (χ3v) is 2.20. The molecule has 0 radical (unpaired) electrons. The van der Waals surface area contributed by atoms with Gasteiger partial charge in [0.2, 0.25) is 0 Å². The highest BCUT2D eigenvalue weighted by Crippen LogP contribution is 2.29. The monoisotopic (exact) mass is 207 g/mol. The van der Waals surface area contributed by atoms with Crippen LogP contribution in [0.1, 0.15) is 38.1 Å². The predicted molar refractivity (Wildman–Crippen MR) is 57.3 cm³/mol. The molecule has 0 saturated carbocycles. The third-order valence-electron chi connectivity index (χ3n) is 2.20. The number of hydrogen-bond donors (Lipinski definition) is 0. The number of rotatable bonds is 2. The van der Waals surface area contributed by atoms with Gasteiger partial charge in [-0.05, 0) is 0 Å². The molecule has 0 aliphatic rings. The fraction of sp³-hybridized carbons (Fsp3) is 0.636. The maximum Gasteiger partial charge on any atom is 0.171 e. The molecule has 1 atom stereocenters. The molecule has 1 aromatic rings. The molecule has 0 aromatic carbocycles. The fourth-order valence-electron chi connectivity index (χ4n) is 1.53. The zero-order valence-electron chi connectivity index (χ0n) is 9.90. The van der Waals surface area contributed by atoms with Gasteiger partial charge in [-0.15, -0.1) is 0 Å². The zero-order valence-corrected chi connectivity index (χ0v) is 9.90. The molecule has 1 heterocycles. The Bertz CT molecular complexity index is 382. The molecular weight excluding hydrogens is 190 g/mol. The van der Waals surface area contributed by atoms with Crippen LogP contribution in [0.25, 0.3) is 0 Å². The van der Waals surface area contributed by atoms with E-state index in [9.17, 15) is 0 Å². The summed E-state index contributed by atoms with van der Waals surface area (Å²) in [6, 6.07) is 2.12. The van der Waals surface area contributed by atoms with Gasteiger partial charge in [0, 0.05) is 31.3 Å². The van der Waals surface area contributed by atoms with E-state index < -0.39 is 6.10 Å². The number of aryl methyl sites for hydroxylation is 1. The Morgan fingerprint density at radius 3 is 2.53 bits per heavy atom. The molecule has 15 heavy (non-hydrogen) atoms. The van der Waals surface area contributed by atoms with Crippen molar-refractivity contribution in [1.82, 2.24) is 9.78 Å². The third kappa shape index (κ3) is 2.37. The van der Waals surface area contributed by atoms with Gasteiger partial charge >= 0.3 is 0 Å². The predicted octanol–water partition coefficient (Wildman–Crippen LogP) is 1.93. The largest absolute Gasteiger partial charge is 0.362 e. The van der Waals surface area contributed by atoms with Crippen molar-refractivity contribution in [2.24, 2.45) is 7.05 Å². The lowest BCUT2D eigenvalue weighted by molar-refractivity contribution is 0.147. The molecule has 1 rings (SSSR count). The van der Waals surface area contributed by atoms with Crippen LogP contribution in [0.5, 0.6) is 0 Å². The molecule has 0 spiro atoms. The summed E-state index contributed by atoms with van der Waals surface area (Å²) in [6.45, 7) is 6.22. The normalized spacial score (nSPS) is 13.6. The second-order valence-electron chi connectivity index (χ2n) is 4.60. The van der Waals surface area contributed by atoms with Gasteiger partial charge in [-0.3, -0.25) is 4.68 Å². The number of nitrogens with zero attached hydrogens (tertiary/aromatic N) is 3. The van der Waals surface area contributed by atoms with Crippen LogP contribution in [0, 0.1) is 11.3 Å². The van der Waals surface area contributed by atoms with Gasteiger partial charge in [0.25, 0.3) is 0 Å². The minimum atomic E-state index is -0.534. The van der Waals surface area contributed by atoms with E-state index >= 15 is 0 Å². The van der Waals surface area contributed by atoms with Gasteiger partial charge in [-0.25, -0.2) is 0 Å². The van der Waals surface area contributed by atoms with Gasteiger partial charge in [-0.1, -0.05) is 20.8 Å². The van der Waals surface area contributed by atoms with Crippen molar-refractivity contribution >= 4 is 0 Å². The number of aromatic nitrogens is 2. The minimum Gasteiger partial charge on any atom is -0.362 e. The van der Waals surface area contributed by atoms with E-state index in [2.05, 4.69) is 31.9 Å². The first kappa shape index (κ1) is 11.7. The van der Waals surface area contributed by atoms with E-state index in [1.54, 1.807) is 4.68 Å². The van der Waals surface area contributed by atoms with Crippen LogP contribution in [0.4, 0.5) is 0 Å². The van der Waals surface area contributed by atoms with Gasteiger partial charge in [0.1, 0.15) is 0 Å². The topological polar surface area (TPSA) is 50.8 Å². The van der Waals surface area contributed by atoms with Crippen LogP contribution in [0.15, 0.2) is 6.20 Å². The quantitative estimate of drug-likeness (QED) is 0.744. The fourth-order valence-corrected chi connectivity index (χ4v) is 1.53. The van der Waals surface area contributed by atoms with E-state index in [0.29, 0.717) is 0 Å². The summed E-state index contributed by atoms with van der Waals surface area (Å²) in [4.78, 5) is 0. The maximum absolute atomic E-state index is 8.97. The second kappa shape index (κ2) is 4.03. The molecule has 4 nitrogen and oxygen atoms in total. The highest BCUT2D eigenvalue weighted by Gasteiger charge is 2.26. The molecule has 82 valence electrons. The van der Waals surface area contributed by atoms with E-state index in [4.69, 9.17) is 10.00 Å². The Kier molecular flexibility index (Phi) is 3.15. The Labute approximate surface area is 90.5 Å². The molecule has 0 saturated heterocycles. The van der Waals surface area contributed by atoms with Crippen LogP contribution in [-0.4, -0.2) is 16.9 Å². The van der Waals surface area contributed by atoms with Crippen molar-refractivity contribution in [2.45, 2.75) is 32.3 Å². The Balaban J connectivity index is 3.24. The molecule has 0 fully saturated rings. The maximum atomic E-state index is 8.97. The number of methoxy groups -OCH3 is 1. The van der Waals surface area contributed by atoms with Gasteiger partial charge in [0.15, 0.2) is 6.10 Å². The first-order valence-corrected chi connectivity index (χ1v) is 4.86. The molecule has 1 aromatic heterocycles. The Hall–Kier alpha value is -1.34. The van der Waals surface area contributed by atoms with Crippen LogP contribution in [0.2, 0.25) is 0 Å². The van der Waals surface area contributed by atoms with Crippen molar-refractivity contribution in [3.63, 3.8) is 0 Å². The number of ether oxygens (including phenoxy) is 1. The summed E-state index contributed by atoms with van der Waals surface area (Å²) in [5, 5.41) is 13.4. The molecular formula is C11H17N3O. The summed E-state index contributed by atoms with van der Waals surface area (Å²) in [7, 11) is 3.39. The van der Waals surface area contributed by atoms with Crippen LogP contribution >= 0.6 is 0 Å². The average Bonchev–Trinajstić information content (AvgIpc) is 2.49. The minimum absolute atomic E-state index is 0.0791. The van der Waals surface area contributed by atoms with Gasteiger partial charge in [-0.2, -0.15) is 10.4 Å². The van der Waals surface area contributed by atoms with E-state index in [1.807, 2.05) is 13.2 Å². The smallest absolute Gasteiger partial charge is 0.171 e. The molecule has 4 heteroatoms. The van der Waals surface area contributed by atoms with Gasteiger partial charge < -0.3 is 4.74 Å². The lowest BCUT2D eigenvalue weighted by Gasteiger charge is -2.18. The van der Waals surface area contributed by atoms with Gasteiger partial charge in [0.05, 0.1) is 11.8 Å². The zero-order chi connectivity index (χ0) is 11.6. The van der Waals surface area contributed by atoms with Crippen molar-refractivity contribution in [1.29, 1.82) is 5.26 Å². The highest BCUT2D eigenvalue weighted by atomic mass is 16.5. The van der Waals surface area contributed by atoms with Crippen molar-refractivity contribution in [3.05, 3.63) is 17.5 Å². The highest BCUT2D eigenvalue weighted by molar-refractivity contribution is 5.29. The molecule has 0 aliphatic heterocycles. The van der Waals surface area contributed by atoms with Crippen LogP contribution in [-0.2, 0) is 17.2 Å². The summed E-state index contributed by atoms with van der Waals surface area (Å²) in [5.41, 5.74) is 1.69. The molecule has 0 amide bonds. The first-order valence-electron chi connectivity index (χ1n) is 4.86. The molecule has 1 unspecified atom stereocenters. The molecule has 0 aliphatic carbocycles. The number of nitriles is 1. The lowest BCUT2D eigenvalue weighted by atomic mass is 9.88. The van der Waals surface area contributed by atoms with E-state index in [0.717, 1.165) is 11.3 Å². The van der Waals surface area contributed by atoms with Crippen LogP contribution in [0.3, 0.4) is 0 Å². The van der Waals surface area contributed by atoms with E-state index in [1.165, 1.54) is 7.11 Å². The van der Waals surface area contributed by atoms with Crippen molar-refractivity contribution in [3.8, 4) is 6.07 Å². The summed E-state index contributed by atoms with van der Waals surface area (Å²) < 4.78 is 6.84. The average molecular weight is 207 g/mol. The summed E-state index contributed by atoms with van der Waals surface area (Å²) in [5.74, 6) is 0. The number of hydrogen-bond acceptors (Lipinski definition) is 3. The van der Waals surface area contributed by atoms with E-state index in [-0.39, 0.29) is 5.41 Å². The summed E-state index contributed by atoms with van der Waals surface area (Å²) in [6.07, 6.45) is 1.31. The van der Waals surface area contributed by atoms with Crippen molar-refractivity contribution < 1.29 is 4.74 Å². The Morgan fingerprint density at radius 2 is 2.13 bits per heavy atom. The standard InChI is InChI=1S/C11H17N3O/c1-11(2,3)10-8(7-14(4)13-10)9(6-12)15-5/h7,9H,1-5H3.